The van der Waals surface area contributed by atoms with E-state index in [4.69, 9.17) is 0 Å². The molecule has 0 aromatic heterocycles. The van der Waals surface area contributed by atoms with Crippen molar-refractivity contribution >= 4 is 17.8 Å². The number of rotatable bonds is 4. The summed E-state index contributed by atoms with van der Waals surface area (Å²) >= 11 is 0. The molecule has 0 spiro atoms. The molecule has 3 atom stereocenters. The highest BCUT2D eigenvalue weighted by Crippen LogP contribution is 2.42. The van der Waals surface area contributed by atoms with E-state index in [1.54, 1.807) is 0 Å². The molecule has 1 aliphatic heterocycles. The third-order valence-corrected chi connectivity index (χ3v) is 4.18. The first-order valence-electron chi connectivity index (χ1n) is 6.77. The lowest BCUT2D eigenvalue weighted by Crippen LogP contribution is -2.44. The minimum atomic E-state index is -0.901. The molecular weight excluding hydrogens is 248 g/mol. The van der Waals surface area contributed by atoms with Gasteiger partial charge in [-0.25, -0.2) is 4.79 Å². The van der Waals surface area contributed by atoms with Crippen LogP contribution >= 0.6 is 0 Å². The minimum Gasteiger partial charge on any atom is -0.480 e. The number of nitrogens with zero attached hydrogens (tertiary/aromatic N) is 1. The highest BCUT2D eigenvalue weighted by molar-refractivity contribution is 5.85. The predicted octanol–water partition coefficient (Wildman–Crippen LogP) is 0.224. The number of hydrogen-bond acceptors (Lipinski definition) is 3. The Bertz CT molecular complexity index is 396. The van der Waals surface area contributed by atoms with Gasteiger partial charge in [-0.3, -0.25) is 9.59 Å². The van der Waals surface area contributed by atoms with Gasteiger partial charge in [0.25, 0.3) is 0 Å². The summed E-state index contributed by atoms with van der Waals surface area (Å²) in [7, 11) is 0. The third kappa shape index (κ3) is 2.88. The van der Waals surface area contributed by atoms with Gasteiger partial charge in [-0.1, -0.05) is 6.42 Å². The molecule has 0 aromatic carbocycles. The number of aliphatic carboxylic acids is 1. The van der Waals surface area contributed by atoms with Gasteiger partial charge >= 0.3 is 5.97 Å². The SMILES string of the molecule is CC(=O)NCCC(=O)N1CC2CCCC2C1C(=O)O. The minimum absolute atomic E-state index is 0.113. The molecule has 2 fully saturated rings. The van der Waals surface area contributed by atoms with Crippen LogP contribution in [0.5, 0.6) is 0 Å². The molecule has 3 unspecified atom stereocenters. The van der Waals surface area contributed by atoms with E-state index >= 15 is 0 Å². The van der Waals surface area contributed by atoms with Gasteiger partial charge < -0.3 is 15.3 Å². The maximum absolute atomic E-state index is 12.1. The number of likely N-dealkylation sites (tertiary alicyclic amines) is 1. The molecule has 1 heterocycles. The fraction of sp³-hybridized carbons (Fsp3) is 0.769. The topological polar surface area (TPSA) is 86.7 Å². The zero-order chi connectivity index (χ0) is 14.0. The van der Waals surface area contributed by atoms with Gasteiger partial charge in [-0.05, 0) is 24.7 Å². The normalized spacial score (nSPS) is 29.1. The standard InChI is InChI=1S/C13H20N2O4/c1-8(16)14-6-5-11(17)15-7-9-3-2-4-10(9)12(15)13(18)19/h9-10,12H,2-7H2,1H3,(H,14,16)(H,18,19). The summed E-state index contributed by atoms with van der Waals surface area (Å²) in [6.07, 6.45) is 3.15. The molecular formula is C13H20N2O4. The van der Waals surface area contributed by atoms with E-state index in [0.717, 1.165) is 19.3 Å². The van der Waals surface area contributed by atoms with E-state index in [9.17, 15) is 19.5 Å². The van der Waals surface area contributed by atoms with E-state index in [-0.39, 0.29) is 30.7 Å². The Labute approximate surface area is 112 Å². The molecule has 19 heavy (non-hydrogen) atoms. The molecule has 1 saturated carbocycles. The second-order valence-electron chi connectivity index (χ2n) is 5.42. The molecule has 6 heteroatoms. The molecule has 1 aliphatic carbocycles. The fourth-order valence-electron chi connectivity index (χ4n) is 3.37. The Morgan fingerprint density at radius 1 is 1.32 bits per heavy atom. The lowest BCUT2D eigenvalue weighted by atomic mass is 9.94. The Balaban J connectivity index is 1.96. The monoisotopic (exact) mass is 268 g/mol. The number of carboxylic acid groups (broad SMARTS) is 1. The number of amides is 2. The predicted molar refractivity (Wildman–Crippen MR) is 67.3 cm³/mol. The summed E-state index contributed by atoms with van der Waals surface area (Å²) in [6, 6.07) is -0.669. The molecule has 2 amide bonds. The Hall–Kier alpha value is -1.59. The van der Waals surface area contributed by atoms with Gasteiger partial charge in [0.1, 0.15) is 6.04 Å². The van der Waals surface area contributed by atoms with Crippen LogP contribution < -0.4 is 5.32 Å². The first kappa shape index (κ1) is 13.8. The van der Waals surface area contributed by atoms with Gasteiger partial charge in [-0.15, -0.1) is 0 Å². The molecule has 2 aliphatic rings. The molecule has 6 nitrogen and oxygen atoms in total. The maximum atomic E-state index is 12.1. The summed E-state index contributed by atoms with van der Waals surface area (Å²) < 4.78 is 0. The Morgan fingerprint density at radius 3 is 2.68 bits per heavy atom. The average molecular weight is 268 g/mol. The zero-order valence-corrected chi connectivity index (χ0v) is 11.1. The smallest absolute Gasteiger partial charge is 0.326 e. The van der Waals surface area contributed by atoms with Gasteiger partial charge in [0.2, 0.25) is 11.8 Å². The highest BCUT2D eigenvalue weighted by atomic mass is 16.4. The summed E-state index contributed by atoms with van der Waals surface area (Å²) in [4.78, 5) is 35.7. The van der Waals surface area contributed by atoms with Crippen molar-refractivity contribution in [2.75, 3.05) is 13.1 Å². The van der Waals surface area contributed by atoms with E-state index in [1.165, 1.54) is 11.8 Å². The Kier molecular flexibility index (Phi) is 4.07. The molecule has 1 saturated heterocycles. The molecule has 2 N–H and O–H groups in total. The molecule has 2 rings (SSSR count). The van der Waals surface area contributed by atoms with E-state index in [0.29, 0.717) is 12.5 Å². The number of carbonyl (C=O) groups excluding carboxylic acids is 2. The maximum Gasteiger partial charge on any atom is 0.326 e. The van der Waals surface area contributed by atoms with Crippen LogP contribution in [0.2, 0.25) is 0 Å². The second-order valence-corrected chi connectivity index (χ2v) is 5.42. The number of fused-ring (bicyclic) bond motifs is 1. The van der Waals surface area contributed by atoms with Crippen molar-refractivity contribution in [2.45, 2.75) is 38.6 Å². The van der Waals surface area contributed by atoms with E-state index < -0.39 is 12.0 Å². The van der Waals surface area contributed by atoms with Crippen molar-refractivity contribution in [1.82, 2.24) is 10.2 Å². The van der Waals surface area contributed by atoms with E-state index in [2.05, 4.69) is 5.32 Å². The molecule has 106 valence electrons. The first-order chi connectivity index (χ1) is 9.00. The van der Waals surface area contributed by atoms with Crippen molar-refractivity contribution in [2.24, 2.45) is 11.8 Å². The number of carboxylic acids is 1. The fourth-order valence-corrected chi connectivity index (χ4v) is 3.37. The van der Waals surface area contributed by atoms with Crippen LogP contribution in [-0.2, 0) is 14.4 Å². The van der Waals surface area contributed by atoms with Crippen molar-refractivity contribution in [3.8, 4) is 0 Å². The summed E-state index contributed by atoms with van der Waals surface area (Å²) in [6.45, 7) is 2.22. The highest BCUT2D eigenvalue weighted by Gasteiger charge is 2.49. The molecule has 0 bridgehead atoms. The largest absolute Gasteiger partial charge is 0.480 e. The van der Waals surface area contributed by atoms with Crippen molar-refractivity contribution < 1.29 is 19.5 Å². The van der Waals surface area contributed by atoms with Crippen LogP contribution in [0.4, 0.5) is 0 Å². The van der Waals surface area contributed by atoms with Crippen molar-refractivity contribution in [3.05, 3.63) is 0 Å². The number of carbonyl (C=O) groups is 3. The number of hydrogen-bond donors (Lipinski definition) is 2. The summed E-state index contributed by atoms with van der Waals surface area (Å²) in [5, 5.41) is 11.9. The summed E-state index contributed by atoms with van der Waals surface area (Å²) in [5.41, 5.74) is 0. The van der Waals surface area contributed by atoms with Gasteiger partial charge in [0.05, 0.1) is 0 Å². The van der Waals surface area contributed by atoms with E-state index in [1.807, 2.05) is 0 Å². The van der Waals surface area contributed by atoms with Crippen LogP contribution in [0.3, 0.4) is 0 Å². The van der Waals surface area contributed by atoms with Gasteiger partial charge in [0.15, 0.2) is 0 Å². The van der Waals surface area contributed by atoms with Crippen LogP contribution in [0.15, 0.2) is 0 Å². The molecule has 0 aromatic rings. The van der Waals surface area contributed by atoms with Crippen molar-refractivity contribution in [1.29, 1.82) is 0 Å². The quantitative estimate of drug-likeness (QED) is 0.764. The lowest BCUT2D eigenvalue weighted by molar-refractivity contribution is -0.149. The number of nitrogens with one attached hydrogen (secondary N) is 1. The zero-order valence-electron chi connectivity index (χ0n) is 11.1. The second kappa shape index (κ2) is 5.59. The van der Waals surface area contributed by atoms with Gasteiger partial charge in [-0.2, -0.15) is 0 Å². The van der Waals surface area contributed by atoms with Crippen molar-refractivity contribution in [3.63, 3.8) is 0 Å². The average Bonchev–Trinajstić information content (AvgIpc) is 2.86. The molecule has 0 radical (unpaired) electrons. The third-order valence-electron chi connectivity index (χ3n) is 4.18. The van der Waals surface area contributed by atoms with Crippen LogP contribution in [0.25, 0.3) is 0 Å². The van der Waals surface area contributed by atoms with Crippen LogP contribution in [0.1, 0.15) is 32.6 Å². The van der Waals surface area contributed by atoms with Gasteiger partial charge in [0, 0.05) is 26.4 Å². The van der Waals surface area contributed by atoms with Crippen LogP contribution in [0, 0.1) is 11.8 Å². The summed E-state index contributed by atoms with van der Waals surface area (Å²) in [5.74, 6) is -0.799. The lowest BCUT2D eigenvalue weighted by Gasteiger charge is -2.24. The first-order valence-corrected chi connectivity index (χ1v) is 6.77. The van der Waals surface area contributed by atoms with Crippen LogP contribution in [-0.4, -0.2) is 46.9 Å². The Morgan fingerprint density at radius 2 is 2.05 bits per heavy atom.